The van der Waals surface area contributed by atoms with E-state index in [1.54, 1.807) is 0 Å². The Hall–Kier alpha value is -3.21. The van der Waals surface area contributed by atoms with Gasteiger partial charge in [0.2, 0.25) is 0 Å². The topological polar surface area (TPSA) is 150 Å². The van der Waals surface area contributed by atoms with Gasteiger partial charge in [-0.3, -0.25) is 10.1 Å². The van der Waals surface area contributed by atoms with Gasteiger partial charge in [-0.1, -0.05) is 0 Å². The van der Waals surface area contributed by atoms with Crippen LogP contribution < -0.4 is 4.74 Å². The van der Waals surface area contributed by atoms with Crippen molar-refractivity contribution in [3.8, 4) is 5.75 Å². The van der Waals surface area contributed by atoms with Crippen LogP contribution in [0.1, 0.15) is 11.6 Å². The predicted molar refractivity (Wildman–Crippen MR) is 77.2 cm³/mol. The van der Waals surface area contributed by atoms with Gasteiger partial charge in [0.05, 0.1) is 11.5 Å². The fraction of sp³-hybridized carbons (Fsp3) is 0.308. The SMILES string of the molecule is O=C(OCCc1nnc(CCO)nn1)Oc1ccc([N+](=O)[O-])cc1. The molecule has 2 aromatic rings. The molecule has 11 nitrogen and oxygen atoms in total. The summed E-state index contributed by atoms with van der Waals surface area (Å²) in [6, 6.07) is 5.00. The minimum absolute atomic E-state index is 0.0471. The second-order valence-corrected chi connectivity index (χ2v) is 4.41. The number of aromatic nitrogens is 4. The highest BCUT2D eigenvalue weighted by molar-refractivity contribution is 5.63. The molecule has 126 valence electrons. The number of nitrogens with zero attached hydrogens (tertiary/aromatic N) is 5. The van der Waals surface area contributed by atoms with Crippen molar-refractivity contribution in [3.63, 3.8) is 0 Å². The Morgan fingerprint density at radius 2 is 1.67 bits per heavy atom. The Labute approximate surface area is 135 Å². The fourth-order valence-corrected chi connectivity index (χ4v) is 1.56. The summed E-state index contributed by atoms with van der Waals surface area (Å²) < 4.78 is 9.69. The Kier molecular flexibility index (Phi) is 6.02. The van der Waals surface area contributed by atoms with Crippen molar-refractivity contribution in [2.45, 2.75) is 12.8 Å². The molecule has 0 aliphatic heterocycles. The third kappa shape index (κ3) is 5.21. The van der Waals surface area contributed by atoms with E-state index in [9.17, 15) is 14.9 Å². The summed E-state index contributed by atoms with van der Waals surface area (Å²) >= 11 is 0. The summed E-state index contributed by atoms with van der Waals surface area (Å²) in [5.41, 5.74) is -0.113. The molecular weight excluding hydrogens is 322 g/mol. The lowest BCUT2D eigenvalue weighted by Gasteiger charge is -2.05. The summed E-state index contributed by atoms with van der Waals surface area (Å²) in [4.78, 5) is 21.4. The van der Waals surface area contributed by atoms with E-state index in [-0.39, 0.29) is 43.3 Å². The molecular formula is C13H13N5O6. The summed E-state index contributed by atoms with van der Waals surface area (Å²) in [5.74, 6) is 0.720. The maximum atomic E-state index is 11.5. The molecule has 1 aromatic heterocycles. The van der Waals surface area contributed by atoms with Crippen LogP contribution in [0.25, 0.3) is 0 Å². The first-order valence-electron chi connectivity index (χ1n) is 6.83. The summed E-state index contributed by atoms with van der Waals surface area (Å²) in [6.07, 6.45) is -0.505. The van der Waals surface area contributed by atoms with E-state index in [2.05, 4.69) is 20.4 Å². The summed E-state index contributed by atoms with van der Waals surface area (Å²) in [5, 5.41) is 34.3. The molecule has 0 radical (unpaired) electrons. The minimum atomic E-state index is -0.957. The third-order valence-electron chi connectivity index (χ3n) is 2.69. The van der Waals surface area contributed by atoms with Gasteiger partial charge < -0.3 is 14.6 Å². The molecule has 0 fully saturated rings. The highest BCUT2D eigenvalue weighted by Crippen LogP contribution is 2.17. The molecule has 11 heteroatoms. The Bertz CT molecular complexity index is 691. The molecule has 0 bridgehead atoms. The maximum absolute atomic E-state index is 11.5. The number of non-ortho nitro benzene ring substituents is 1. The molecule has 0 aliphatic carbocycles. The lowest BCUT2D eigenvalue weighted by atomic mass is 10.3. The molecule has 1 heterocycles. The third-order valence-corrected chi connectivity index (χ3v) is 2.69. The molecule has 0 saturated carbocycles. The van der Waals surface area contributed by atoms with Gasteiger partial charge in [0.1, 0.15) is 12.4 Å². The maximum Gasteiger partial charge on any atom is 0.513 e. The van der Waals surface area contributed by atoms with Gasteiger partial charge in [0, 0.05) is 25.0 Å². The molecule has 0 saturated heterocycles. The number of carbonyl (C=O) groups excluding carboxylic acids is 1. The average molecular weight is 335 g/mol. The van der Waals surface area contributed by atoms with Crippen molar-refractivity contribution in [3.05, 3.63) is 46.0 Å². The Morgan fingerprint density at radius 3 is 2.21 bits per heavy atom. The Morgan fingerprint density at radius 1 is 1.08 bits per heavy atom. The number of aliphatic hydroxyl groups is 1. The second kappa shape index (κ2) is 8.43. The quantitative estimate of drug-likeness (QED) is 0.327. The van der Waals surface area contributed by atoms with Crippen molar-refractivity contribution in [2.24, 2.45) is 0 Å². The smallest absolute Gasteiger partial charge is 0.434 e. The van der Waals surface area contributed by atoms with Gasteiger partial charge >= 0.3 is 6.16 Å². The largest absolute Gasteiger partial charge is 0.513 e. The predicted octanol–water partition coefficient (Wildman–Crippen LogP) is 0.468. The number of nitro groups is 1. The van der Waals surface area contributed by atoms with Crippen LogP contribution in [0.5, 0.6) is 5.75 Å². The van der Waals surface area contributed by atoms with Gasteiger partial charge in [-0.05, 0) is 12.1 Å². The van der Waals surface area contributed by atoms with E-state index >= 15 is 0 Å². The number of aliphatic hydroxyl groups excluding tert-OH is 1. The van der Waals surface area contributed by atoms with Crippen molar-refractivity contribution in [1.29, 1.82) is 0 Å². The molecule has 0 aliphatic rings. The highest BCUT2D eigenvalue weighted by atomic mass is 16.7. The van der Waals surface area contributed by atoms with E-state index < -0.39 is 11.1 Å². The number of rotatable bonds is 7. The average Bonchev–Trinajstić information content (AvgIpc) is 2.57. The summed E-state index contributed by atoms with van der Waals surface area (Å²) in [7, 11) is 0. The molecule has 0 spiro atoms. The molecule has 0 unspecified atom stereocenters. The minimum Gasteiger partial charge on any atom is -0.434 e. The van der Waals surface area contributed by atoms with Gasteiger partial charge in [0.25, 0.3) is 5.69 Å². The normalized spacial score (nSPS) is 10.2. The number of benzene rings is 1. The molecule has 0 amide bonds. The van der Waals surface area contributed by atoms with Crippen LogP contribution in [0.4, 0.5) is 10.5 Å². The van der Waals surface area contributed by atoms with Gasteiger partial charge in [-0.15, -0.1) is 20.4 Å². The molecule has 0 atom stereocenters. The number of nitro benzene ring substituents is 1. The number of hydrogen-bond donors (Lipinski definition) is 1. The second-order valence-electron chi connectivity index (χ2n) is 4.41. The standard InChI is InChI=1S/C13H13N5O6/c19-7-5-11-14-16-12(17-15-11)6-8-23-13(20)24-10-3-1-9(2-4-10)18(21)22/h1-4,19H,5-8H2. The fourth-order valence-electron chi connectivity index (χ4n) is 1.56. The van der Waals surface area contributed by atoms with Crippen LogP contribution in [0.15, 0.2) is 24.3 Å². The zero-order valence-electron chi connectivity index (χ0n) is 12.4. The van der Waals surface area contributed by atoms with Crippen LogP contribution in [0, 0.1) is 10.1 Å². The number of carbonyl (C=O) groups is 1. The highest BCUT2D eigenvalue weighted by Gasteiger charge is 2.10. The van der Waals surface area contributed by atoms with Crippen LogP contribution in [-0.2, 0) is 17.6 Å². The molecule has 2 rings (SSSR count). The molecule has 24 heavy (non-hydrogen) atoms. The lowest BCUT2D eigenvalue weighted by Crippen LogP contribution is -2.14. The number of ether oxygens (including phenoxy) is 2. The van der Waals surface area contributed by atoms with Crippen molar-refractivity contribution >= 4 is 11.8 Å². The lowest BCUT2D eigenvalue weighted by molar-refractivity contribution is -0.384. The van der Waals surface area contributed by atoms with Gasteiger partial charge in [-0.25, -0.2) is 4.79 Å². The zero-order valence-corrected chi connectivity index (χ0v) is 12.4. The van der Waals surface area contributed by atoms with E-state index in [1.807, 2.05) is 0 Å². The van der Waals surface area contributed by atoms with Crippen LogP contribution in [0.2, 0.25) is 0 Å². The first-order valence-corrected chi connectivity index (χ1v) is 6.83. The van der Waals surface area contributed by atoms with Crippen LogP contribution in [-0.4, -0.2) is 49.8 Å². The van der Waals surface area contributed by atoms with Crippen LogP contribution in [0.3, 0.4) is 0 Å². The molecule has 1 N–H and O–H groups in total. The Balaban J connectivity index is 1.75. The first kappa shape index (κ1) is 17.1. The van der Waals surface area contributed by atoms with E-state index in [0.29, 0.717) is 5.82 Å². The monoisotopic (exact) mass is 335 g/mol. The van der Waals surface area contributed by atoms with Crippen molar-refractivity contribution in [1.82, 2.24) is 20.4 Å². The van der Waals surface area contributed by atoms with Gasteiger partial charge in [-0.2, -0.15) is 0 Å². The van der Waals surface area contributed by atoms with Crippen molar-refractivity contribution in [2.75, 3.05) is 13.2 Å². The van der Waals surface area contributed by atoms with Crippen LogP contribution >= 0.6 is 0 Å². The van der Waals surface area contributed by atoms with Gasteiger partial charge in [0.15, 0.2) is 11.6 Å². The summed E-state index contributed by atoms with van der Waals surface area (Å²) in [6.45, 7) is -0.144. The van der Waals surface area contributed by atoms with E-state index in [1.165, 1.54) is 24.3 Å². The zero-order chi connectivity index (χ0) is 17.4. The first-order chi connectivity index (χ1) is 11.6. The van der Waals surface area contributed by atoms with Crippen molar-refractivity contribution < 1.29 is 24.3 Å². The van der Waals surface area contributed by atoms with E-state index in [4.69, 9.17) is 14.6 Å². The number of hydrogen-bond acceptors (Lipinski definition) is 10. The molecule has 1 aromatic carbocycles. The van der Waals surface area contributed by atoms with E-state index in [0.717, 1.165) is 0 Å².